The first-order valence-corrected chi connectivity index (χ1v) is 32.0. The van der Waals surface area contributed by atoms with Gasteiger partial charge in [-0.15, -0.1) is 0 Å². The van der Waals surface area contributed by atoms with Gasteiger partial charge in [-0.3, -0.25) is 0 Å². The van der Waals surface area contributed by atoms with Crippen molar-refractivity contribution in [3.05, 3.63) is 172 Å². The third-order valence-electron chi connectivity index (χ3n) is 13.1. The zero-order valence-corrected chi connectivity index (χ0v) is 39.3. The van der Waals surface area contributed by atoms with Crippen molar-refractivity contribution in [2.45, 2.75) is 62.6 Å². The first-order valence-electron chi connectivity index (χ1n) is 20.2. The maximum absolute atomic E-state index is 9.41. The van der Waals surface area contributed by atoms with Crippen LogP contribution in [0.1, 0.15) is 82.2 Å². The Hall–Kier alpha value is -3.52. The maximum atomic E-state index is 9.41. The number of benzene rings is 6. The van der Waals surface area contributed by atoms with E-state index in [1.54, 1.807) is 0 Å². The minimum absolute atomic E-state index is 0.148. The molecule has 56 heavy (non-hydrogen) atoms. The Kier molecular flexibility index (Phi) is 9.00. The third kappa shape index (κ3) is 5.68. The van der Waals surface area contributed by atoms with Crippen molar-refractivity contribution in [2.75, 3.05) is 0 Å². The summed E-state index contributed by atoms with van der Waals surface area (Å²) in [6.07, 6.45) is 5.04. The van der Waals surface area contributed by atoms with Crippen LogP contribution < -0.4 is 13.6 Å². The van der Waals surface area contributed by atoms with Crippen molar-refractivity contribution >= 4 is 52.3 Å². The predicted octanol–water partition coefficient (Wildman–Crippen LogP) is 12.7. The molecule has 0 saturated heterocycles. The van der Waals surface area contributed by atoms with Crippen LogP contribution in [-0.4, -0.2) is 9.52 Å². The molecule has 0 spiro atoms. The zero-order valence-electron chi connectivity index (χ0n) is 33.9. The summed E-state index contributed by atoms with van der Waals surface area (Å²) in [4.78, 5) is 0. The summed E-state index contributed by atoms with van der Waals surface area (Å²) in [6.45, 7) is 18.7. The Bertz CT molecular complexity index is 2500. The Balaban J connectivity index is 1.43. The van der Waals surface area contributed by atoms with E-state index in [0.717, 1.165) is 0 Å². The molecule has 0 amide bonds. The number of allylic oxidation sites excluding steroid dienone is 2. The molecule has 0 bridgehead atoms. The quantitative estimate of drug-likeness (QED) is 0.151. The Labute approximate surface area is 344 Å². The summed E-state index contributed by atoms with van der Waals surface area (Å²) < 4.78 is 0.982. The van der Waals surface area contributed by atoms with E-state index in [1.807, 2.05) is 0 Å². The molecule has 0 radical (unpaired) electrons. The number of fused-ring (bicyclic) bond motifs is 5. The number of rotatable bonds is 5. The van der Waals surface area contributed by atoms with Gasteiger partial charge in [0, 0.05) is 0 Å². The molecular formula is C52H51Cl2SiZr. The molecule has 2 aliphatic carbocycles. The molecule has 0 fully saturated rings. The van der Waals surface area contributed by atoms with Gasteiger partial charge in [0.25, 0.3) is 0 Å². The molecule has 0 saturated carbocycles. The summed E-state index contributed by atoms with van der Waals surface area (Å²) in [5.41, 5.74) is 17.8. The van der Waals surface area contributed by atoms with Gasteiger partial charge in [0.15, 0.2) is 0 Å². The van der Waals surface area contributed by atoms with Crippen molar-refractivity contribution < 1.29 is 16.4 Å². The average molecular weight is 866 g/mol. The fraction of sp³-hybridized carbons (Fsp3) is 0.231. The fourth-order valence-corrected chi connectivity index (χ4v) is 38.9. The molecule has 6 aromatic carbocycles. The number of hydrogen-bond donors (Lipinski definition) is 0. The van der Waals surface area contributed by atoms with E-state index in [0.29, 0.717) is 0 Å². The van der Waals surface area contributed by atoms with Crippen molar-refractivity contribution in [1.29, 1.82) is 0 Å². The molecule has 281 valence electrons. The number of aryl methyl sites for hydroxylation is 2. The summed E-state index contributed by atoms with van der Waals surface area (Å²) in [5, 5.41) is 2.94. The second kappa shape index (κ2) is 13.3. The van der Waals surface area contributed by atoms with Crippen LogP contribution in [0, 0.1) is 24.7 Å². The topological polar surface area (TPSA) is 0 Å². The van der Waals surface area contributed by atoms with E-state index < -0.39 is 25.9 Å². The first-order chi connectivity index (χ1) is 26.6. The van der Waals surface area contributed by atoms with Crippen molar-refractivity contribution in [3.63, 3.8) is 0 Å². The summed E-state index contributed by atoms with van der Waals surface area (Å²) >= 11 is -5.73. The molecule has 9 rings (SSSR count). The van der Waals surface area contributed by atoms with Crippen LogP contribution in [0.25, 0.3) is 45.5 Å². The van der Waals surface area contributed by atoms with Crippen LogP contribution in [0.4, 0.5) is 0 Å². The molecule has 0 nitrogen and oxygen atoms in total. The molecule has 0 N–H and O–H groups in total. The first kappa shape index (κ1) is 38.0. The molecule has 6 aromatic rings. The zero-order chi connectivity index (χ0) is 39.4. The van der Waals surface area contributed by atoms with Gasteiger partial charge in [0.2, 0.25) is 0 Å². The normalized spacial score (nSPS) is 18.4. The van der Waals surface area contributed by atoms with Crippen LogP contribution >= 0.6 is 17.0 Å². The van der Waals surface area contributed by atoms with E-state index in [9.17, 15) is 17.0 Å². The molecule has 2 atom stereocenters. The van der Waals surface area contributed by atoms with Crippen LogP contribution in [0.15, 0.2) is 139 Å². The minimum atomic E-state index is -5.73. The number of halogens is 2. The van der Waals surface area contributed by atoms with Crippen molar-refractivity contribution in [2.24, 2.45) is 10.8 Å². The van der Waals surface area contributed by atoms with E-state index in [-0.39, 0.29) is 18.1 Å². The third-order valence-corrected chi connectivity index (χ3v) is 35.6. The van der Waals surface area contributed by atoms with Gasteiger partial charge < -0.3 is 0 Å². The van der Waals surface area contributed by atoms with Gasteiger partial charge >= 0.3 is 348 Å². The molecule has 2 unspecified atom stereocenters. The summed E-state index contributed by atoms with van der Waals surface area (Å²) in [5.74, 6) is 0. The van der Waals surface area contributed by atoms with Crippen LogP contribution in [0.2, 0.25) is 0 Å². The summed E-state index contributed by atoms with van der Waals surface area (Å²) in [6, 6.07) is 47.3. The number of hydrogen-bond acceptors (Lipinski definition) is 0. The second-order valence-corrected chi connectivity index (χ2v) is 41.1. The van der Waals surface area contributed by atoms with Crippen LogP contribution in [0.5, 0.6) is 0 Å². The second-order valence-electron chi connectivity index (χ2n) is 18.6. The van der Waals surface area contributed by atoms with Gasteiger partial charge in [-0.1, -0.05) is 0 Å². The Morgan fingerprint density at radius 2 is 0.946 bits per heavy atom. The van der Waals surface area contributed by atoms with Gasteiger partial charge in [-0.25, -0.2) is 0 Å². The fourth-order valence-electron chi connectivity index (χ4n) is 10.6. The standard InChI is InChI=1S/2C20H21.C12H9Si.2ClH.Zr/c2*1-14-10-11-16-12-17(20(2,3)4)13-18(16)19(14)15-8-6-5-7-9-15;1-3-7-11-9(5-1)10-6-2-4-8-12(10)13-11;;;/h2*5-13H,1-4H3;1-7H,13H2;2*1H;/q;;;;;+2/p-2. The van der Waals surface area contributed by atoms with E-state index in [2.05, 4.69) is 195 Å². The molecule has 1 aliphatic heterocycles. The van der Waals surface area contributed by atoms with Gasteiger partial charge in [-0.05, 0) is 0 Å². The van der Waals surface area contributed by atoms with E-state index in [1.165, 1.54) is 91.6 Å². The SMILES string of the molecule is Cc1ccc2c(c1-c1ccccc1)C=C(C(C)(C)C)[CH]2[Zr]([Cl])([Cl])([c]1cccc2c1[SiH2]c1ccccc1-2)[CH]1C(C(C)(C)C)=Cc2c1ccc(C)c2-c1ccccc1. The average Bonchev–Trinajstić information content (AvgIpc) is 3.88. The van der Waals surface area contributed by atoms with Crippen molar-refractivity contribution in [3.8, 4) is 33.4 Å². The molecular weight excluding hydrogens is 815 g/mol. The summed E-state index contributed by atoms with van der Waals surface area (Å²) in [7, 11) is 17.9. The van der Waals surface area contributed by atoms with Gasteiger partial charge in [0.05, 0.1) is 0 Å². The Morgan fingerprint density at radius 3 is 1.43 bits per heavy atom. The van der Waals surface area contributed by atoms with Gasteiger partial charge in [0.1, 0.15) is 0 Å². The van der Waals surface area contributed by atoms with Crippen LogP contribution in [-0.2, 0) is 16.4 Å². The van der Waals surface area contributed by atoms with Gasteiger partial charge in [-0.2, -0.15) is 0 Å². The Morgan fingerprint density at radius 1 is 0.500 bits per heavy atom. The monoisotopic (exact) mass is 863 g/mol. The molecule has 1 heterocycles. The molecule has 3 aliphatic rings. The van der Waals surface area contributed by atoms with E-state index in [4.69, 9.17) is 0 Å². The van der Waals surface area contributed by atoms with Crippen LogP contribution in [0.3, 0.4) is 0 Å². The molecule has 4 heteroatoms. The van der Waals surface area contributed by atoms with Crippen molar-refractivity contribution in [1.82, 2.24) is 0 Å². The molecule has 0 aromatic heterocycles. The predicted molar refractivity (Wildman–Crippen MR) is 245 cm³/mol. The van der Waals surface area contributed by atoms with E-state index >= 15 is 0 Å².